The molecule has 7 heteroatoms. The summed E-state index contributed by atoms with van der Waals surface area (Å²) in [4.78, 5) is 9.59. The van der Waals surface area contributed by atoms with Crippen molar-refractivity contribution in [2.75, 3.05) is 0 Å². The predicted molar refractivity (Wildman–Crippen MR) is 130 cm³/mol. The van der Waals surface area contributed by atoms with Crippen LogP contribution in [0.1, 0.15) is 29.7 Å². The SMILES string of the molecule is Cc1cc2ncc3cc(-c4ccccc4C#N)c(-c4ccc(C5(N)CC(O)C5)cc4)nc3n2n1. The molecule has 3 heterocycles. The van der Waals surface area contributed by atoms with Crippen LogP contribution in [-0.2, 0) is 5.54 Å². The number of hydrogen-bond donors (Lipinski definition) is 2. The van der Waals surface area contributed by atoms with Crippen LogP contribution in [0.4, 0.5) is 0 Å². The zero-order valence-electron chi connectivity index (χ0n) is 18.6. The monoisotopic (exact) mass is 446 g/mol. The molecule has 1 saturated carbocycles. The molecular weight excluding hydrogens is 424 g/mol. The van der Waals surface area contributed by atoms with Crippen LogP contribution < -0.4 is 5.73 Å². The van der Waals surface area contributed by atoms with Gasteiger partial charge in [-0.3, -0.25) is 0 Å². The summed E-state index contributed by atoms with van der Waals surface area (Å²) in [6, 6.07) is 21.8. The lowest BCUT2D eigenvalue weighted by molar-refractivity contribution is 0.0209. The van der Waals surface area contributed by atoms with Gasteiger partial charge in [-0.25, -0.2) is 9.97 Å². The fourth-order valence-electron chi connectivity index (χ4n) is 4.87. The Kier molecular flexibility index (Phi) is 4.49. The number of fused-ring (bicyclic) bond motifs is 3. The summed E-state index contributed by atoms with van der Waals surface area (Å²) in [6.45, 7) is 1.93. The topological polar surface area (TPSA) is 113 Å². The summed E-state index contributed by atoms with van der Waals surface area (Å²) >= 11 is 0. The number of nitrogens with two attached hydrogens (primary N) is 1. The highest BCUT2D eigenvalue weighted by Gasteiger charge is 2.41. The maximum absolute atomic E-state index is 9.75. The van der Waals surface area contributed by atoms with Crippen molar-refractivity contribution in [1.29, 1.82) is 5.26 Å². The number of rotatable bonds is 3. The van der Waals surface area contributed by atoms with E-state index in [1.54, 1.807) is 10.7 Å². The predicted octanol–water partition coefficient (Wildman–Crippen LogP) is 4.10. The first-order valence-electron chi connectivity index (χ1n) is 11.2. The van der Waals surface area contributed by atoms with Crippen LogP contribution in [0.2, 0.25) is 0 Å². The third-order valence-corrected chi connectivity index (χ3v) is 6.65. The largest absolute Gasteiger partial charge is 0.393 e. The molecule has 1 fully saturated rings. The Morgan fingerprint density at radius 3 is 2.59 bits per heavy atom. The maximum Gasteiger partial charge on any atom is 0.165 e. The normalized spacial score (nSPS) is 19.8. The van der Waals surface area contributed by atoms with Gasteiger partial charge in [0.15, 0.2) is 11.3 Å². The summed E-state index contributed by atoms with van der Waals surface area (Å²) < 4.78 is 1.76. The molecular formula is C27H22N6O. The van der Waals surface area contributed by atoms with Gasteiger partial charge in [-0.1, -0.05) is 42.5 Å². The number of aromatic nitrogens is 4. The van der Waals surface area contributed by atoms with E-state index in [1.165, 1.54) is 0 Å². The first kappa shape index (κ1) is 20.5. The molecule has 0 unspecified atom stereocenters. The Morgan fingerprint density at radius 2 is 1.85 bits per heavy atom. The highest BCUT2D eigenvalue weighted by Crippen LogP contribution is 2.40. The Labute approximate surface area is 196 Å². The Balaban J connectivity index is 1.59. The van der Waals surface area contributed by atoms with Crippen LogP contribution >= 0.6 is 0 Å². The van der Waals surface area contributed by atoms with E-state index < -0.39 is 5.54 Å². The van der Waals surface area contributed by atoms with E-state index in [2.05, 4.69) is 16.2 Å². The first-order chi connectivity index (χ1) is 16.4. The van der Waals surface area contributed by atoms with E-state index in [0.717, 1.165) is 44.7 Å². The molecule has 3 aromatic heterocycles. The molecule has 0 saturated heterocycles. The van der Waals surface area contributed by atoms with Gasteiger partial charge >= 0.3 is 0 Å². The molecule has 34 heavy (non-hydrogen) atoms. The smallest absolute Gasteiger partial charge is 0.165 e. The van der Waals surface area contributed by atoms with Crippen molar-refractivity contribution in [3.63, 3.8) is 0 Å². The molecule has 0 atom stereocenters. The summed E-state index contributed by atoms with van der Waals surface area (Å²) in [5.74, 6) is 0. The van der Waals surface area contributed by atoms with Crippen molar-refractivity contribution in [1.82, 2.24) is 19.6 Å². The molecule has 0 amide bonds. The molecule has 3 N–H and O–H groups in total. The third-order valence-electron chi connectivity index (χ3n) is 6.65. The highest BCUT2D eigenvalue weighted by atomic mass is 16.3. The number of aryl methyl sites for hydroxylation is 1. The van der Waals surface area contributed by atoms with Crippen molar-refractivity contribution < 1.29 is 5.11 Å². The number of nitriles is 1. The standard InChI is InChI=1S/C27H22N6O/c1-16-10-24-30-15-19-11-23(22-5-3-2-4-18(22)14-28)25(31-26(19)33(24)32-16)17-6-8-20(9-7-17)27(29)12-21(34)13-27/h2-11,15,21,34H,12-13,29H2,1H3. The summed E-state index contributed by atoms with van der Waals surface area (Å²) in [6.07, 6.45) is 2.58. The molecule has 0 spiro atoms. The number of aliphatic hydroxyl groups excluding tert-OH is 1. The zero-order valence-corrected chi connectivity index (χ0v) is 18.6. The van der Waals surface area contributed by atoms with Crippen molar-refractivity contribution in [2.24, 2.45) is 5.73 Å². The average molecular weight is 447 g/mol. The van der Waals surface area contributed by atoms with Gasteiger partial charge in [0.25, 0.3) is 0 Å². The second-order valence-corrected chi connectivity index (χ2v) is 9.06. The van der Waals surface area contributed by atoms with Crippen LogP contribution in [0.3, 0.4) is 0 Å². The second-order valence-electron chi connectivity index (χ2n) is 9.06. The minimum atomic E-state index is -0.491. The molecule has 6 rings (SSSR count). The number of nitrogens with zero attached hydrogens (tertiary/aromatic N) is 5. The van der Waals surface area contributed by atoms with Gasteiger partial charge in [0.05, 0.1) is 29.1 Å². The van der Waals surface area contributed by atoms with E-state index in [4.69, 9.17) is 10.7 Å². The average Bonchev–Trinajstić information content (AvgIpc) is 3.23. The van der Waals surface area contributed by atoms with Crippen molar-refractivity contribution >= 4 is 16.7 Å². The van der Waals surface area contributed by atoms with Gasteiger partial charge in [-0.15, -0.1) is 0 Å². The van der Waals surface area contributed by atoms with Gasteiger partial charge in [-0.2, -0.15) is 14.9 Å². The fourth-order valence-corrected chi connectivity index (χ4v) is 4.87. The second kappa shape index (κ2) is 7.45. The van der Waals surface area contributed by atoms with E-state index in [1.807, 2.05) is 67.6 Å². The van der Waals surface area contributed by atoms with Crippen molar-refractivity contribution in [3.05, 3.63) is 83.7 Å². The fraction of sp³-hybridized carbons (Fsp3) is 0.185. The lowest BCUT2D eigenvalue weighted by Gasteiger charge is -2.42. The van der Waals surface area contributed by atoms with Crippen LogP contribution in [0, 0.1) is 18.3 Å². The lowest BCUT2D eigenvalue weighted by atomic mass is 9.70. The van der Waals surface area contributed by atoms with Crippen LogP contribution in [-0.4, -0.2) is 30.8 Å². The van der Waals surface area contributed by atoms with Crippen LogP contribution in [0.5, 0.6) is 0 Å². The molecule has 1 aliphatic rings. The zero-order chi connectivity index (χ0) is 23.4. The molecule has 7 nitrogen and oxygen atoms in total. The van der Waals surface area contributed by atoms with Gasteiger partial charge in [0.1, 0.15) is 0 Å². The quantitative estimate of drug-likeness (QED) is 0.431. The molecule has 0 aliphatic heterocycles. The maximum atomic E-state index is 9.75. The molecule has 0 bridgehead atoms. The Morgan fingerprint density at radius 1 is 1.09 bits per heavy atom. The molecule has 1 aliphatic carbocycles. The third kappa shape index (κ3) is 3.16. The Hall–Kier alpha value is -4.12. The molecule has 5 aromatic rings. The summed E-state index contributed by atoms with van der Waals surface area (Å²) in [7, 11) is 0. The number of benzene rings is 2. The van der Waals surface area contributed by atoms with E-state index in [-0.39, 0.29) is 6.10 Å². The molecule has 0 radical (unpaired) electrons. The van der Waals surface area contributed by atoms with Gasteiger partial charge in [-0.05, 0) is 37.5 Å². The Bertz CT molecular complexity index is 1610. The number of aliphatic hydroxyl groups is 1. The minimum absolute atomic E-state index is 0.338. The van der Waals surface area contributed by atoms with Crippen molar-refractivity contribution in [2.45, 2.75) is 31.4 Å². The van der Waals surface area contributed by atoms with Crippen LogP contribution in [0.15, 0.2) is 66.9 Å². The molecule has 166 valence electrons. The van der Waals surface area contributed by atoms with Gasteiger partial charge in [0, 0.05) is 39.9 Å². The van der Waals surface area contributed by atoms with E-state index >= 15 is 0 Å². The molecule has 2 aromatic carbocycles. The van der Waals surface area contributed by atoms with E-state index in [9.17, 15) is 10.4 Å². The minimum Gasteiger partial charge on any atom is -0.393 e. The van der Waals surface area contributed by atoms with Gasteiger partial charge in [0.2, 0.25) is 0 Å². The number of pyridine rings is 1. The van der Waals surface area contributed by atoms with Crippen molar-refractivity contribution in [3.8, 4) is 28.5 Å². The summed E-state index contributed by atoms with van der Waals surface area (Å²) in [5, 5.41) is 24.9. The lowest BCUT2D eigenvalue weighted by Crippen LogP contribution is -2.51. The first-order valence-corrected chi connectivity index (χ1v) is 11.2. The highest BCUT2D eigenvalue weighted by molar-refractivity contribution is 5.92. The number of hydrogen-bond acceptors (Lipinski definition) is 6. The summed E-state index contributed by atoms with van der Waals surface area (Å²) in [5.41, 5.74) is 13.2. The van der Waals surface area contributed by atoms with Crippen LogP contribution in [0.25, 0.3) is 39.1 Å². The van der Waals surface area contributed by atoms with Gasteiger partial charge < -0.3 is 10.8 Å². The van der Waals surface area contributed by atoms with E-state index in [0.29, 0.717) is 24.1 Å².